The Labute approximate surface area is 209 Å². The van der Waals surface area contributed by atoms with Crippen molar-refractivity contribution in [3.63, 3.8) is 0 Å². The van der Waals surface area contributed by atoms with Crippen LogP contribution in [-0.2, 0) is 5.67 Å². The van der Waals surface area contributed by atoms with Gasteiger partial charge in [-0.1, -0.05) is 84.3 Å². The molecule has 0 radical (unpaired) electrons. The number of benzene rings is 2. The lowest BCUT2D eigenvalue weighted by Crippen LogP contribution is -2.35. The average Bonchev–Trinajstić information content (AvgIpc) is 2.87. The lowest BCUT2D eigenvalue weighted by atomic mass is 9.69. The maximum atomic E-state index is 14.5. The third-order valence-electron chi connectivity index (χ3n) is 7.29. The molecule has 2 aromatic rings. The molecule has 0 aromatic heterocycles. The highest BCUT2D eigenvalue weighted by Crippen LogP contribution is 2.46. The van der Waals surface area contributed by atoms with Crippen molar-refractivity contribution < 1.29 is 4.39 Å². The van der Waals surface area contributed by atoms with E-state index < -0.39 is 5.67 Å². The molecule has 2 N–H and O–H groups in total. The second-order valence-corrected chi connectivity index (χ2v) is 11.2. The molecular formula is C30H39FN2S. The van der Waals surface area contributed by atoms with Crippen LogP contribution >= 0.6 is 11.9 Å². The SMILES string of the molecule is CC(C)(F)c1ccc2c(c1)C1CC(CNSCC3=CC=CCC3)CCC1CN2.c1ccccc1. The maximum Gasteiger partial charge on any atom is 0.130 e. The Morgan fingerprint density at radius 1 is 1.09 bits per heavy atom. The minimum atomic E-state index is -1.28. The van der Waals surface area contributed by atoms with Crippen LogP contribution < -0.4 is 10.0 Å². The molecule has 2 nitrogen and oxygen atoms in total. The van der Waals surface area contributed by atoms with Crippen molar-refractivity contribution in [2.75, 3.05) is 24.2 Å². The number of rotatable bonds is 6. The smallest absolute Gasteiger partial charge is 0.130 e. The summed E-state index contributed by atoms with van der Waals surface area (Å²) in [4.78, 5) is 0. The van der Waals surface area contributed by atoms with E-state index in [1.54, 1.807) is 13.8 Å². The normalized spacial score (nSPS) is 23.5. The third-order valence-corrected chi connectivity index (χ3v) is 8.18. The van der Waals surface area contributed by atoms with Crippen LogP contribution in [-0.4, -0.2) is 18.8 Å². The number of hydrogen-bond acceptors (Lipinski definition) is 3. The summed E-state index contributed by atoms with van der Waals surface area (Å²) in [6.07, 6.45) is 12.9. The van der Waals surface area contributed by atoms with Gasteiger partial charge >= 0.3 is 0 Å². The molecule has 34 heavy (non-hydrogen) atoms. The van der Waals surface area contributed by atoms with Crippen LogP contribution in [0.2, 0.25) is 0 Å². The Bertz CT molecular complexity index is 937. The van der Waals surface area contributed by atoms with Gasteiger partial charge in [0.05, 0.1) is 0 Å². The van der Waals surface area contributed by atoms with Gasteiger partial charge in [-0.3, -0.25) is 4.72 Å². The molecule has 2 aliphatic carbocycles. The zero-order valence-electron chi connectivity index (χ0n) is 20.6. The van der Waals surface area contributed by atoms with E-state index in [1.165, 1.54) is 48.9 Å². The standard InChI is InChI=1S/C24H33FN2S.C6H6/c1-24(2,25)20-10-11-23-22(13-20)21-12-18(8-9-19(21)15-26-23)14-27-28-16-17-6-4-3-5-7-17;1-2-4-6-5-3-1/h3-4,6,10-11,13,18-19,21,26-27H,5,7-9,12,14-16H2,1-2H3;1-6H. The van der Waals surface area contributed by atoms with E-state index >= 15 is 0 Å². The van der Waals surface area contributed by atoms with Gasteiger partial charge in [-0.25, -0.2) is 4.39 Å². The molecule has 0 bridgehead atoms. The zero-order chi connectivity index (χ0) is 23.8. The number of nitrogens with one attached hydrogen (secondary N) is 2. The summed E-state index contributed by atoms with van der Waals surface area (Å²) in [5, 5.41) is 3.59. The predicted octanol–water partition coefficient (Wildman–Crippen LogP) is 8.02. The van der Waals surface area contributed by atoms with Gasteiger partial charge in [0.15, 0.2) is 0 Å². The molecule has 1 heterocycles. The first-order chi connectivity index (χ1) is 16.5. The van der Waals surface area contributed by atoms with Crippen molar-refractivity contribution in [2.45, 2.75) is 57.5 Å². The zero-order valence-corrected chi connectivity index (χ0v) is 21.4. The van der Waals surface area contributed by atoms with Crippen molar-refractivity contribution >= 4 is 17.6 Å². The Morgan fingerprint density at radius 3 is 2.53 bits per heavy atom. The van der Waals surface area contributed by atoms with Gasteiger partial charge < -0.3 is 5.32 Å². The van der Waals surface area contributed by atoms with Crippen LogP contribution in [0.15, 0.2) is 78.4 Å². The van der Waals surface area contributed by atoms with Gasteiger partial charge in [-0.05, 0) is 80.9 Å². The van der Waals surface area contributed by atoms with Crippen molar-refractivity contribution in [1.29, 1.82) is 0 Å². The molecular weight excluding hydrogens is 439 g/mol. The minimum Gasteiger partial charge on any atom is -0.385 e. The summed E-state index contributed by atoms with van der Waals surface area (Å²) in [7, 11) is 0. The second kappa shape index (κ2) is 12.1. The number of fused-ring (bicyclic) bond motifs is 3. The van der Waals surface area contributed by atoms with E-state index in [1.807, 2.05) is 54.4 Å². The van der Waals surface area contributed by atoms with Gasteiger partial charge in [0.2, 0.25) is 0 Å². The Kier molecular flexibility index (Phi) is 8.91. The largest absolute Gasteiger partial charge is 0.385 e. The maximum absolute atomic E-state index is 14.5. The summed E-state index contributed by atoms with van der Waals surface area (Å²) in [6.45, 7) is 5.45. The highest BCUT2D eigenvalue weighted by Gasteiger charge is 2.36. The summed E-state index contributed by atoms with van der Waals surface area (Å²) >= 11 is 1.86. The first-order valence-electron chi connectivity index (χ1n) is 12.8. The number of allylic oxidation sites excluding steroid dienone is 3. The van der Waals surface area contributed by atoms with Gasteiger partial charge in [-0.15, -0.1) is 0 Å². The van der Waals surface area contributed by atoms with Crippen molar-refractivity contribution in [3.05, 3.63) is 89.5 Å². The number of hydrogen-bond donors (Lipinski definition) is 2. The lowest BCUT2D eigenvalue weighted by molar-refractivity contribution is 0.219. The van der Waals surface area contributed by atoms with Crippen molar-refractivity contribution in [3.8, 4) is 0 Å². The molecule has 3 aliphatic rings. The molecule has 4 heteroatoms. The van der Waals surface area contributed by atoms with Gasteiger partial charge in [0.1, 0.15) is 5.67 Å². The van der Waals surface area contributed by atoms with Gasteiger partial charge in [0.25, 0.3) is 0 Å². The van der Waals surface area contributed by atoms with Crippen molar-refractivity contribution in [2.24, 2.45) is 11.8 Å². The number of alkyl halides is 1. The average molecular weight is 479 g/mol. The molecule has 1 fully saturated rings. The van der Waals surface area contributed by atoms with Crippen LogP contribution in [0, 0.1) is 11.8 Å². The molecule has 3 unspecified atom stereocenters. The number of halogens is 1. The molecule has 182 valence electrons. The summed E-state index contributed by atoms with van der Waals surface area (Å²) in [5.74, 6) is 3.05. The van der Waals surface area contributed by atoms with E-state index in [9.17, 15) is 4.39 Å². The quantitative estimate of drug-likeness (QED) is 0.325. The molecule has 3 atom stereocenters. The number of anilines is 1. The monoisotopic (exact) mass is 478 g/mol. The Balaban J connectivity index is 0.000000398. The predicted molar refractivity (Wildman–Crippen MR) is 146 cm³/mol. The van der Waals surface area contributed by atoms with E-state index in [2.05, 4.69) is 40.4 Å². The van der Waals surface area contributed by atoms with E-state index in [0.29, 0.717) is 17.8 Å². The molecule has 0 spiro atoms. The summed E-state index contributed by atoms with van der Waals surface area (Å²) in [5.41, 5.74) is 3.62. The molecule has 1 saturated carbocycles. The molecule has 5 rings (SSSR count). The first kappa shape index (κ1) is 25.1. The minimum absolute atomic E-state index is 0.565. The van der Waals surface area contributed by atoms with E-state index in [0.717, 1.165) is 24.4 Å². The fraction of sp³-hybridized carbons (Fsp3) is 0.467. The fourth-order valence-corrected chi connectivity index (χ4v) is 6.13. The van der Waals surface area contributed by atoms with Crippen LogP contribution in [0.25, 0.3) is 0 Å². The van der Waals surface area contributed by atoms with E-state index in [4.69, 9.17) is 0 Å². The molecule has 0 amide bonds. The van der Waals surface area contributed by atoms with Gasteiger partial charge in [-0.2, -0.15) is 0 Å². The van der Waals surface area contributed by atoms with Crippen molar-refractivity contribution in [1.82, 2.24) is 4.72 Å². The van der Waals surface area contributed by atoms with Gasteiger partial charge in [0, 0.05) is 24.5 Å². The van der Waals surface area contributed by atoms with Crippen LogP contribution in [0.1, 0.15) is 63.0 Å². The first-order valence-corrected chi connectivity index (χ1v) is 13.8. The van der Waals surface area contributed by atoms with E-state index in [-0.39, 0.29) is 0 Å². The summed E-state index contributed by atoms with van der Waals surface area (Å²) < 4.78 is 18.1. The molecule has 2 aromatic carbocycles. The highest BCUT2D eigenvalue weighted by atomic mass is 32.2. The van der Waals surface area contributed by atoms with Crippen LogP contribution in [0.5, 0.6) is 0 Å². The molecule has 0 saturated heterocycles. The second-order valence-electron chi connectivity index (χ2n) is 10.3. The topological polar surface area (TPSA) is 24.1 Å². The Hall–Kier alpha value is -2.04. The lowest BCUT2D eigenvalue weighted by Gasteiger charge is -2.41. The third kappa shape index (κ3) is 6.99. The van der Waals surface area contributed by atoms with Crippen LogP contribution in [0.4, 0.5) is 10.1 Å². The molecule has 1 aliphatic heterocycles. The Morgan fingerprint density at radius 2 is 1.85 bits per heavy atom. The highest BCUT2D eigenvalue weighted by molar-refractivity contribution is 7.97. The summed E-state index contributed by atoms with van der Waals surface area (Å²) in [6, 6.07) is 18.2. The fourth-order valence-electron chi connectivity index (χ4n) is 5.25. The van der Waals surface area contributed by atoms with Crippen LogP contribution in [0.3, 0.4) is 0 Å².